The van der Waals surface area contributed by atoms with E-state index < -0.39 is 0 Å². The molecule has 1 aliphatic rings. The van der Waals surface area contributed by atoms with Gasteiger partial charge in [-0.1, -0.05) is 6.42 Å². The van der Waals surface area contributed by atoms with Crippen LogP contribution in [-0.2, 0) is 22.4 Å². The Morgan fingerprint density at radius 3 is 0.319 bits per heavy atom. The SMILES string of the molecule is CP1CCCCC1.[Au+].[Cl-].[Cl-].[Cl-].[Cl-].[Cl-].[Cl-].[Cl-].[Cl-].[Cl-].[Cl-].[Cl-].[Cl-].[Cl-].[Cl-].[Cl-].[Cl-].[Cl-].[Cl-].[Cl-].[Cl-].[Cl-].[Cl-].[Cl-].[Cl-].[Cl-].[Cl-].[Cl-].[Cl-].[Cl-].[Cl-].[Cl-].[Cl-].[Cl-].[Cl-].[Cl-].[Cl-].[Cl-].[Cl-].[Cl-]. The van der Waals surface area contributed by atoms with E-state index in [9.17, 15) is 0 Å². The van der Waals surface area contributed by atoms with Crippen molar-refractivity contribution in [2.45, 2.75) is 19.3 Å². The van der Waals surface area contributed by atoms with Gasteiger partial charge in [-0.3, -0.25) is 0 Å². The van der Waals surface area contributed by atoms with E-state index in [0.717, 1.165) is 0 Å². The summed E-state index contributed by atoms with van der Waals surface area (Å²) >= 11 is 0. The molecule has 0 amide bonds. The number of rotatable bonds is 0. The number of hydrogen-bond donors (Lipinski definition) is 0. The molecule has 0 saturated carbocycles. The largest absolute Gasteiger partial charge is 1.00 e. The first-order valence-corrected chi connectivity index (χ1v) is 5.24. The first-order valence-electron chi connectivity index (χ1n) is 3.08. The fourth-order valence-electron chi connectivity index (χ4n) is 1.05. The summed E-state index contributed by atoms with van der Waals surface area (Å²) in [6, 6.07) is 0. The van der Waals surface area contributed by atoms with E-state index in [1.165, 1.54) is 19.3 Å². The second kappa shape index (κ2) is 461. The van der Waals surface area contributed by atoms with E-state index in [1.54, 1.807) is 12.3 Å². The van der Waals surface area contributed by atoms with E-state index in [2.05, 4.69) is 6.66 Å². The van der Waals surface area contributed by atoms with E-state index >= 15 is 0 Å². The number of halogens is 39. The van der Waals surface area contributed by atoms with Gasteiger partial charge in [-0.15, -0.1) is 7.92 Å². The molecule has 0 N–H and O–H groups in total. The molecule has 0 aliphatic carbocycles. The fourth-order valence-corrected chi connectivity index (χ4v) is 2.80. The van der Waals surface area contributed by atoms with Crippen molar-refractivity contribution < 1.29 is 506 Å². The summed E-state index contributed by atoms with van der Waals surface area (Å²) in [4.78, 5) is 0. The van der Waals surface area contributed by atoms with Gasteiger partial charge in [0.05, 0.1) is 0 Å². The van der Waals surface area contributed by atoms with Gasteiger partial charge in [0, 0.05) is 0 Å². The zero-order chi connectivity index (χ0) is 5.11. The normalized spacial score (nSPS) is 3.77. The van der Waals surface area contributed by atoms with Gasteiger partial charge in [0.25, 0.3) is 0 Å². The van der Waals surface area contributed by atoms with Crippen LogP contribution in [0.1, 0.15) is 19.3 Å². The minimum Gasteiger partial charge on any atom is -1.00 e. The monoisotopic (exact) mass is 1680 g/mol. The van der Waals surface area contributed by atoms with Crippen molar-refractivity contribution in [3.8, 4) is 0 Å². The van der Waals surface area contributed by atoms with Crippen LogP contribution in [0.5, 0.6) is 0 Å². The van der Waals surface area contributed by atoms with Gasteiger partial charge in [-0.25, -0.2) is 0 Å². The molecular formula is C6H13AuCl39P-38. The third-order valence-corrected chi connectivity index (χ3v) is 3.74. The van der Waals surface area contributed by atoms with Crippen LogP contribution in [0.2, 0.25) is 0 Å². The van der Waals surface area contributed by atoms with Gasteiger partial charge in [0.15, 0.2) is 0 Å². The summed E-state index contributed by atoms with van der Waals surface area (Å²) in [7, 11) is 0.508. The van der Waals surface area contributed by atoms with Gasteiger partial charge in [0.2, 0.25) is 0 Å². The quantitative estimate of drug-likeness (QED) is 0.168. The minimum absolute atomic E-state index is 0. The van der Waals surface area contributed by atoms with Gasteiger partial charge in [0.1, 0.15) is 0 Å². The summed E-state index contributed by atoms with van der Waals surface area (Å²) in [6.07, 6.45) is 7.64. The molecule has 0 aromatic rings. The maximum absolute atomic E-state index is 2.43. The van der Waals surface area contributed by atoms with E-state index in [-0.39, 0.29) is 506 Å². The molecule has 0 unspecified atom stereocenters. The van der Waals surface area contributed by atoms with E-state index in [0.29, 0.717) is 7.92 Å². The van der Waals surface area contributed by atoms with Crippen LogP contribution >= 0.6 is 7.92 Å². The van der Waals surface area contributed by atoms with Crippen LogP contribution < -0.4 is 484 Å². The number of hydrogen-bond acceptors (Lipinski definition) is 0. The molecule has 1 rings (SSSR count). The van der Waals surface area contributed by atoms with Crippen LogP contribution in [0.4, 0.5) is 0 Å². The molecule has 0 aromatic heterocycles. The van der Waals surface area contributed by atoms with Crippen molar-refractivity contribution in [2.75, 3.05) is 19.0 Å². The average molecular weight is 1700 g/mol. The molecule has 41 heteroatoms. The van der Waals surface area contributed by atoms with Crippen molar-refractivity contribution in [3.05, 3.63) is 0 Å². The zero-order valence-corrected chi connectivity index (χ0v) is 52.6. The topological polar surface area (TPSA) is 0 Å². The third kappa shape index (κ3) is 445. The Hall–Kier alpha value is 12.5. The first-order chi connectivity index (χ1) is 3.39. The molecule has 1 heterocycles. The smallest absolute Gasteiger partial charge is 1.00 e. The summed E-state index contributed by atoms with van der Waals surface area (Å²) in [5.74, 6) is 0. The van der Waals surface area contributed by atoms with Crippen LogP contribution in [0.25, 0.3) is 0 Å². The Labute approximate surface area is 543 Å². The molecule has 0 radical (unpaired) electrons. The van der Waals surface area contributed by atoms with Crippen LogP contribution in [0.3, 0.4) is 0 Å². The predicted molar refractivity (Wildman–Crippen MR) is 36.4 cm³/mol. The second-order valence-corrected chi connectivity index (χ2v) is 4.97. The third-order valence-electron chi connectivity index (χ3n) is 1.58. The maximum Gasteiger partial charge on any atom is 1.00 e. The zero-order valence-electron chi connectivity index (χ0n) is 20.0. The Morgan fingerprint density at radius 1 is 0.191 bits per heavy atom. The minimum atomic E-state index is 0. The fraction of sp³-hybridized carbons (Fsp3) is 1.00. The average Bonchev–Trinajstić information content (AvgIpc) is 1.69. The Kier molecular flexibility index (Phi) is 5250. The summed E-state index contributed by atoms with van der Waals surface area (Å²) < 4.78 is 0. The van der Waals surface area contributed by atoms with Crippen molar-refractivity contribution in [3.63, 3.8) is 0 Å². The molecule has 0 spiro atoms. The van der Waals surface area contributed by atoms with E-state index in [4.69, 9.17) is 0 Å². The molecule has 364 valence electrons. The van der Waals surface area contributed by atoms with Crippen molar-refractivity contribution in [2.24, 2.45) is 0 Å². The van der Waals surface area contributed by atoms with Gasteiger partial charge in [-0.05, 0) is 31.8 Å². The van der Waals surface area contributed by atoms with Crippen molar-refractivity contribution in [1.29, 1.82) is 0 Å². The van der Waals surface area contributed by atoms with Crippen LogP contribution in [0.15, 0.2) is 0 Å². The van der Waals surface area contributed by atoms with Crippen molar-refractivity contribution in [1.82, 2.24) is 0 Å². The van der Waals surface area contributed by atoms with Gasteiger partial charge in [-0.2, -0.15) is 0 Å². The summed E-state index contributed by atoms with van der Waals surface area (Å²) in [6.45, 7) is 2.43. The predicted octanol–water partition coefficient (Wildman–Crippen LogP) is -115. The Balaban J connectivity index is -0.000000000322. The Bertz CT molecular complexity index is 81.4. The molecule has 0 atom stereocenters. The van der Waals surface area contributed by atoms with Crippen LogP contribution in [-0.4, -0.2) is 19.0 Å². The first kappa shape index (κ1) is 536. The van der Waals surface area contributed by atoms with Gasteiger partial charge < -0.3 is 484 Å². The molecule has 0 aromatic carbocycles. The maximum atomic E-state index is 2.43. The molecule has 1 saturated heterocycles. The van der Waals surface area contributed by atoms with Gasteiger partial charge >= 0.3 is 22.4 Å². The summed E-state index contributed by atoms with van der Waals surface area (Å²) in [5, 5.41) is 0. The molecular weight excluding hydrogens is 1680 g/mol. The Morgan fingerprint density at radius 2 is 0.277 bits per heavy atom. The molecule has 47 heavy (non-hydrogen) atoms. The molecule has 1 fully saturated rings. The van der Waals surface area contributed by atoms with E-state index in [1.807, 2.05) is 0 Å². The standard InChI is InChI=1S/C6H13P.Au.39ClH/c1-7-5-3-2-4-6-7;;;;;;;;;;;;;;;;;;;;;;;;;;;;;;;;;;;;;;;;/h2-6H2,1H3;;39*1H/q;+1;;;;;;;;;;;;;;;;;;;;;;;;;;;;;;;;;;;;;;;/p-39. The van der Waals surface area contributed by atoms with Crippen LogP contribution in [0, 0.1) is 0 Å². The van der Waals surface area contributed by atoms with Crippen molar-refractivity contribution >= 4 is 7.92 Å². The molecule has 1 aliphatic heterocycles. The molecule has 0 bridgehead atoms. The molecule has 0 nitrogen and oxygen atoms in total. The second-order valence-electron chi connectivity index (χ2n) is 2.36. The summed E-state index contributed by atoms with van der Waals surface area (Å²) in [5.41, 5.74) is 0.